The molecule has 0 aliphatic carbocycles. The zero-order valence-corrected chi connectivity index (χ0v) is 20.2. The molecule has 1 N–H and O–H groups in total. The van der Waals surface area contributed by atoms with E-state index in [0.717, 1.165) is 11.6 Å². The number of rotatable bonds is 4. The van der Waals surface area contributed by atoms with Crippen LogP contribution in [0.15, 0.2) is 79.0 Å². The van der Waals surface area contributed by atoms with Crippen molar-refractivity contribution in [3.05, 3.63) is 113 Å². The Morgan fingerprint density at radius 1 is 0.917 bits per heavy atom. The first kappa shape index (κ1) is 24.0. The maximum absolute atomic E-state index is 15.0. The average molecular weight is 511 g/mol. The summed E-state index contributed by atoms with van der Waals surface area (Å²) < 4.78 is 58.2. The van der Waals surface area contributed by atoms with Crippen LogP contribution in [-0.4, -0.2) is 14.7 Å². The number of nitrogens with one attached hydrogen (secondary N) is 1. The molecule has 1 fully saturated rings. The average Bonchev–Trinajstić information content (AvgIpc) is 3.34. The van der Waals surface area contributed by atoms with Gasteiger partial charge in [-0.1, -0.05) is 30.3 Å². The van der Waals surface area contributed by atoms with Gasteiger partial charge in [0, 0.05) is 17.6 Å². The molecule has 0 amide bonds. The van der Waals surface area contributed by atoms with Gasteiger partial charge in [0.05, 0.1) is 34.7 Å². The molecule has 1 aliphatic heterocycles. The monoisotopic (exact) mass is 510 g/mol. The van der Waals surface area contributed by atoms with Crippen molar-refractivity contribution in [3.8, 4) is 5.69 Å². The van der Waals surface area contributed by atoms with E-state index in [2.05, 4.69) is 10.3 Å². The lowest BCUT2D eigenvalue weighted by Gasteiger charge is -2.28. The summed E-state index contributed by atoms with van der Waals surface area (Å²) in [6.45, 7) is 3.53. The Kier molecular flexibility index (Phi) is 6.04. The summed E-state index contributed by atoms with van der Waals surface area (Å²) >= 11 is 5.65. The van der Waals surface area contributed by atoms with Crippen LogP contribution >= 0.6 is 12.2 Å². The van der Waals surface area contributed by atoms with Crippen LogP contribution in [0.2, 0.25) is 0 Å². The third kappa shape index (κ3) is 4.03. The van der Waals surface area contributed by atoms with E-state index in [1.165, 1.54) is 18.2 Å². The highest BCUT2D eigenvalue weighted by molar-refractivity contribution is 7.80. The van der Waals surface area contributed by atoms with Gasteiger partial charge in [-0.3, -0.25) is 4.98 Å². The maximum atomic E-state index is 15.0. The standard InChI is InChI=1S/C27H22F4N4S/c1-16-15-18(17(2)34(16)22-12-5-3-9-19(22)27(29,30)31)25-24(21-11-7-8-14-32-21)33-26(36)35(25)23-13-6-4-10-20(23)28/h3-15,24-25H,1-2H3,(H,33,36)/t24-,25+/m0/s1. The second kappa shape index (κ2) is 9.05. The number of hydrogen-bond acceptors (Lipinski definition) is 2. The molecule has 2 aromatic carbocycles. The number of para-hydroxylation sites is 2. The minimum absolute atomic E-state index is 0.0339. The van der Waals surface area contributed by atoms with Crippen LogP contribution in [-0.2, 0) is 6.18 Å². The second-order valence-corrected chi connectivity index (χ2v) is 9.01. The molecule has 184 valence electrons. The number of hydrogen-bond donors (Lipinski definition) is 1. The third-order valence-corrected chi connectivity index (χ3v) is 6.76. The zero-order chi connectivity index (χ0) is 25.6. The van der Waals surface area contributed by atoms with Crippen molar-refractivity contribution in [2.75, 3.05) is 4.90 Å². The molecule has 0 radical (unpaired) electrons. The summed E-state index contributed by atoms with van der Waals surface area (Å²) in [5.74, 6) is -0.454. The molecule has 0 spiro atoms. The second-order valence-electron chi connectivity index (χ2n) is 8.62. The zero-order valence-electron chi connectivity index (χ0n) is 19.4. The fraction of sp³-hybridized carbons (Fsp3) is 0.185. The number of alkyl halides is 3. The highest BCUT2D eigenvalue weighted by Gasteiger charge is 2.43. The normalized spacial score (nSPS) is 17.9. The van der Waals surface area contributed by atoms with Gasteiger partial charge in [-0.05, 0) is 74.1 Å². The summed E-state index contributed by atoms with van der Waals surface area (Å²) in [6, 6.07) is 18.1. The molecule has 0 saturated carbocycles. The van der Waals surface area contributed by atoms with Gasteiger partial charge in [0.25, 0.3) is 0 Å². The largest absolute Gasteiger partial charge is 0.418 e. The van der Waals surface area contributed by atoms with Gasteiger partial charge in [0.1, 0.15) is 5.82 Å². The van der Waals surface area contributed by atoms with E-state index in [0.29, 0.717) is 22.2 Å². The molecule has 1 saturated heterocycles. The molecule has 5 rings (SSSR count). The lowest BCUT2D eigenvalue weighted by atomic mass is 9.96. The molecule has 2 atom stereocenters. The Hall–Kier alpha value is -3.72. The molecule has 4 nitrogen and oxygen atoms in total. The smallest absolute Gasteiger partial charge is 0.351 e. The van der Waals surface area contributed by atoms with Gasteiger partial charge in [-0.15, -0.1) is 0 Å². The number of aromatic nitrogens is 2. The number of anilines is 1. The molecule has 1 aliphatic rings. The predicted octanol–water partition coefficient (Wildman–Crippen LogP) is 6.82. The summed E-state index contributed by atoms with van der Waals surface area (Å²) in [5.41, 5.74) is 2.20. The van der Waals surface area contributed by atoms with Crippen molar-refractivity contribution in [2.24, 2.45) is 0 Å². The van der Waals surface area contributed by atoms with E-state index < -0.39 is 29.6 Å². The van der Waals surface area contributed by atoms with Crippen LogP contribution in [0.5, 0.6) is 0 Å². The Morgan fingerprint density at radius 3 is 2.25 bits per heavy atom. The summed E-state index contributed by atoms with van der Waals surface area (Å²) in [5, 5.41) is 3.57. The highest BCUT2D eigenvalue weighted by atomic mass is 32.1. The maximum Gasteiger partial charge on any atom is 0.418 e. The minimum atomic E-state index is -4.52. The molecule has 9 heteroatoms. The number of benzene rings is 2. The van der Waals surface area contributed by atoms with Crippen molar-refractivity contribution >= 4 is 23.0 Å². The lowest BCUT2D eigenvalue weighted by Crippen LogP contribution is -2.30. The van der Waals surface area contributed by atoms with Crippen LogP contribution in [0.3, 0.4) is 0 Å². The van der Waals surface area contributed by atoms with Gasteiger partial charge < -0.3 is 14.8 Å². The van der Waals surface area contributed by atoms with Gasteiger partial charge in [0.2, 0.25) is 0 Å². The number of aryl methyl sites for hydroxylation is 1. The third-order valence-electron chi connectivity index (χ3n) is 6.45. The van der Waals surface area contributed by atoms with Crippen LogP contribution < -0.4 is 10.2 Å². The van der Waals surface area contributed by atoms with Crippen molar-refractivity contribution in [1.82, 2.24) is 14.9 Å². The minimum Gasteiger partial charge on any atom is -0.351 e. The summed E-state index contributed by atoms with van der Waals surface area (Å²) in [6.07, 6.45) is -2.86. The van der Waals surface area contributed by atoms with Crippen molar-refractivity contribution in [2.45, 2.75) is 32.1 Å². The topological polar surface area (TPSA) is 33.1 Å². The van der Waals surface area contributed by atoms with Crippen molar-refractivity contribution in [3.63, 3.8) is 0 Å². The molecule has 3 heterocycles. The van der Waals surface area contributed by atoms with Gasteiger partial charge in [-0.2, -0.15) is 13.2 Å². The Morgan fingerprint density at radius 2 is 1.58 bits per heavy atom. The van der Waals surface area contributed by atoms with Crippen LogP contribution in [0.25, 0.3) is 5.69 Å². The first-order valence-corrected chi connectivity index (χ1v) is 11.7. The Bertz CT molecular complexity index is 1430. The van der Waals surface area contributed by atoms with Crippen LogP contribution in [0.1, 0.15) is 40.3 Å². The van der Waals surface area contributed by atoms with Crippen molar-refractivity contribution < 1.29 is 17.6 Å². The fourth-order valence-electron chi connectivity index (χ4n) is 4.94. The highest BCUT2D eigenvalue weighted by Crippen LogP contribution is 2.45. The molecular formula is C27H22F4N4S. The SMILES string of the molecule is Cc1cc([C@@H]2[C@H](c3ccccn3)NC(=S)N2c2ccccc2F)c(C)n1-c1ccccc1C(F)(F)F. The predicted molar refractivity (Wildman–Crippen MR) is 135 cm³/mol. The van der Waals surface area contributed by atoms with Gasteiger partial charge >= 0.3 is 6.18 Å². The van der Waals surface area contributed by atoms with E-state index in [4.69, 9.17) is 12.2 Å². The summed E-state index contributed by atoms with van der Waals surface area (Å²) in [4.78, 5) is 6.17. The first-order valence-electron chi connectivity index (χ1n) is 11.3. The molecule has 0 bridgehead atoms. The molecule has 0 unspecified atom stereocenters. The number of halogens is 4. The molecule has 4 aromatic rings. The molecular weight excluding hydrogens is 488 g/mol. The molecule has 36 heavy (non-hydrogen) atoms. The Labute approximate surface area is 211 Å². The van der Waals surface area contributed by atoms with E-state index in [-0.39, 0.29) is 11.4 Å². The van der Waals surface area contributed by atoms with E-state index in [1.54, 1.807) is 59.8 Å². The quantitative estimate of drug-likeness (QED) is 0.241. The van der Waals surface area contributed by atoms with Crippen LogP contribution in [0.4, 0.5) is 23.2 Å². The summed E-state index contributed by atoms with van der Waals surface area (Å²) in [7, 11) is 0. The number of pyridine rings is 1. The van der Waals surface area contributed by atoms with Crippen molar-refractivity contribution in [1.29, 1.82) is 0 Å². The van der Waals surface area contributed by atoms with Crippen LogP contribution in [0, 0.1) is 19.7 Å². The fourth-order valence-corrected chi connectivity index (χ4v) is 5.28. The van der Waals surface area contributed by atoms with E-state index in [9.17, 15) is 17.6 Å². The van der Waals surface area contributed by atoms with Gasteiger partial charge in [-0.25, -0.2) is 4.39 Å². The first-order chi connectivity index (χ1) is 17.2. The molecule has 2 aromatic heterocycles. The lowest BCUT2D eigenvalue weighted by molar-refractivity contribution is -0.137. The van der Waals surface area contributed by atoms with E-state index in [1.807, 2.05) is 18.2 Å². The Balaban J connectivity index is 1.72. The number of nitrogens with zero attached hydrogens (tertiary/aromatic N) is 3. The van der Waals surface area contributed by atoms with E-state index >= 15 is 0 Å². The van der Waals surface area contributed by atoms with Gasteiger partial charge in [0.15, 0.2) is 5.11 Å². The number of thiocarbonyl (C=S) groups is 1.